The Morgan fingerprint density at radius 3 is 2.52 bits per heavy atom. The molecule has 12 nitrogen and oxygen atoms in total. The van der Waals surface area contributed by atoms with E-state index in [1.165, 1.54) is 24.7 Å². The molecule has 0 bridgehead atoms. The number of hydrogen-bond acceptors (Lipinski definition) is 8. The summed E-state index contributed by atoms with van der Waals surface area (Å²) in [4.78, 5) is 60.5. The maximum atomic E-state index is 12.3. The van der Waals surface area contributed by atoms with E-state index in [0.717, 1.165) is 0 Å². The van der Waals surface area contributed by atoms with Gasteiger partial charge in [0, 0.05) is 17.7 Å². The summed E-state index contributed by atoms with van der Waals surface area (Å²) in [6, 6.07) is 4.92. The van der Waals surface area contributed by atoms with Gasteiger partial charge in [0.05, 0.1) is 24.8 Å². The van der Waals surface area contributed by atoms with E-state index in [0.29, 0.717) is 11.4 Å². The molecule has 0 aliphatic heterocycles. The van der Waals surface area contributed by atoms with Crippen LogP contribution in [0.15, 0.2) is 41.6 Å². The normalized spacial score (nSPS) is 11.6. The van der Waals surface area contributed by atoms with Crippen molar-refractivity contribution in [1.29, 1.82) is 0 Å². The molecule has 1 amide bonds. The van der Waals surface area contributed by atoms with E-state index in [1.54, 1.807) is 12.1 Å². The number of H-pyrrole nitrogens is 1. The summed E-state index contributed by atoms with van der Waals surface area (Å²) in [5.41, 5.74) is 1.36. The highest BCUT2D eigenvalue weighted by molar-refractivity contribution is 5.96. The van der Waals surface area contributed by atoms with Gasteiger partial charge in [-0.2, -0.15) is 0 Å². The highest BCUT2D eigenvalue weighted by atomic mass is 16.4. The lowest BCUT2D eigenvalue weighted by atomic mass is 10.1. The van der Waals surface area contributed by atoms with Gasteiger partial charge in [-0.25, -0.2) is 19.7 Å². The van der Waals surface area contributed by atoms with Gasteiger partial charge in [0.15, 0.2) is 11.2 Å². The topological polar surface area (TPSA) is 187 Å². The van der Waals surface area contributed by atoms with Crippen LogP contribution in [0.25, 0.3) is 11.2 Å². The molecule has 1 atom stereocenters. The molecule has 1 unspecified atom stereocenters. The lowest BCUT2D eigenvalue weighted by molar-refractivity contribution is -0.140. The van der Waals surface area contributed by atoms with Crippen molar-refractivity contribution in [1.82, 2.24) is 25.3 Å². The number of carbonyl (C=O) groups excluding carboxylic acids is 1. The fourth-order valence-electron chi connectivity index (χ4n) is 2.67. The summed E-state index contributed by atoms with van der Waals surface area (Å²) < 4.78 is 0. The Kier molecular flexibility index (Phi) is 6.50. The third-order valence-electron chi connectivity index (χ3n) is 4.27. The molecular weight excluding hydrogens is 408 g/mol. The molecule has 2 heterocycles. The Hall–Kier alpha value is -4.35. The van der Waals surface area contributed by atoms with Gasteiger partial charge in [-0.05, 0) is 30.7 Å². The van der Waals surface area contributed by atoms with E-state index in [2.05, 4.69) is 30.6 Å². The first-order valence-corrected chi connectivity index (χ1v) is 9.12. The Morgan fingerprint density at radius 2 is 1.84 bits per heavy atom. The number of nitrogens with one attached hydrogen (secondary N) is 3. The van der Waals surface area contributed by atoms with E-state index >= 15 is 0 Å². The molecule has 1 aromatic carbocycles. The van der Waals surface area contributed by atoms with Gasteiger partial charge in [-0.15, -0.1) is 0 Å². The maximum Gasteiger partial charge on any atom is 0.326 e. The molecular formula is C19H18N6O6. The average molecular weight is 426 g/mol. The first-order valence-electron chi connectivity index (χ1n) is 9.12. The van der Waals surface area contributed by atoms with Gasteiger partial charge in [-0.3, -0.25) is 14.4 Å². The van der Waals surface area contributed by atoms with Crippen LogP contribution in [0.4, 0.5) is 5.69 Å². The highest BCUT2D eigenvalue weighted by Crippen LogP contribution is 2.12. The quantitative estimate of drug-likeness (QED) is 0.320. The summed E-state index contributed by atoms with van der Waals surface area (Å²) in [5, 5.41) is 23.2. The fourth-order valence-corrected chi connectivity index (χ4v) is 2.67. The molecule has 0 saturated carbocycles. The van der Waals surface area contributed by atoms with Gasteiger partial charge in [0.2, 0.25) is 0 Å². The van der Waals surface area contributed by atoms with Crippen molar-refractivity contribution in [3.8, 4) is 0 Å². The standard InChI is InChI=1S/C19H18N6O6/c26-14(27)6-5-13(19(30)31)25-17(28)10-1-3-11(4-2-10)20-7-12-8-21-16-15(24-12)18(29)23-9-22-16/h1-4,8-9,13,20H,5-7H2,(H,25,28)(H,26,27)(H,30,31)(H,21,22,23,29). The predicted molar refractivity (Wildman–Crippen MR) is 107 cm³/mol. The molecule has 160 valence electrons. The molecule has 2 aromatic heterocycles. The molecule has 0 spiro atoms. The number of aromatic nitrogens is 4. The van der Waals surface area contributed by atoms with Crippen molar-refractivity contribution in [3.05, 3.63) is 58.4 Å². The van der Waals surface area contributed by atoms with Gasteiger partial charge in [0.25, 0.3) is 11.5 Å². The van der Waals surface area contributed by atoms with E-state index in [9.17, 15) is 19.2 Å². The van der Waals surface area contributed by atoms with E-state index < -0.39 is 29.4 Å². The summed E-state index contributed by atoms with van der Waals surface area (Å²) in [5.74, 6) is -3.08. The van der Waals surface area contributed by atoms with Crippen LogP contribution < -0.4 is 16.2 Å². The number of aliphatic carboxylic acids is 2. The number of aromatic amines is 1. The van der Waals surface area contributed by atoms with Crippen molar-refractivity contribution in [2.45, 2.75) is 25.4 Å². The number of rotatable bonds is 9. The van der Waals surface area contributed by atoms with E-state index in [4.69, 9.17) is 10.2 Å². The highest BCUT2D eigenvalue weighted by Gasteiger charge is 2.21. The number of anilines is 1. The van der Waals surface area contributed by atoms with Gasteiger partial charge in [0.1, 0.15) is 6.04 Å². The van der Waals surface area contributed by atoms with Gasteiger partial charge in [-0.1, -0.05) is 0 Å². The number of carboxylic acids is 2. The minimum absolute atomic E-state index is 0.129. The second-order valence-corrected chi connectivity index (χ2v) is 6.49. The smallest absolute Gasteiger partial charge is 0.326 e. The number of hydrogen-bond donors (Lipinski definition) is 5. The molecule has 0 aliphatic rings. The lowest BCUT2D eigenvalue weighted by Crippen LogP contribution is -2.41. The van der Waals surface area contributed by atoms with Crippen LogP contribution in [-0.2, 0) is 16.1 Å². The molecule has 3 rings (SSSR count). The zero-order chi connectivity index (χ0) is 22.4. The van der Waals surface area contributed by atoms with Crippen LogP contribution in [0, 0.1) is 0 Å². The first kappa shape index (κ1) is 21.4. The summed E-state index contributed by atoms with van der Waals surface area (Å²) in [7, 11) is 0. The lowest BCUT2D eigenvalue weighted by Gasteiger charge is -2.14. The van der Waals surface area contributed by atoms with Crippen molar-refractivity contribution < 1.29 is 24.6 Å². The van der Waals surface area contributed by atoms with Crippen molar-refractivity contribution in [2.24, 2.45) is 0 Å². The van der Waals surface area contributed by atoms with Crippen LogP contribution in [-0.4, -0.2) is 54.0 Å². The zero-order valence-electron chi connectivity index (χ0n) is 16.0. The van der Waals surface area contributed by atoms with Gasteiger partial charge >= 0.3 is 11.9 Å². The molecule has 0 aliphatic carbocycles. The monoisotopic (exact) mass is 426 g/mol. The SMILES string of the molecule is O=C(O)CCC(NC(=O)c1ccc(NCc2cnc3nc[nH]c(=O)c3n2)cc1)C(=O)O. The average Bonchev–Trinajstić information content (AvgIpc) is 2.75. The second-order valence-electron chi connectivity index (χ2n) is 6.49. The molecule has 0 saturated heterocycles. The Labute approximate surface area is 174 Å². The molecule has 0 fully saturated rings. The summed E-state index contributed by atoms with van der Waals surface area (Å²) >= 11 is 0. The van der Waals surface area contributed by atoms with Crippen LogP contribution in [0.3, 0.4) is 0 Å². The van der Waals surface area contributed by atoms with Crippen LogP contribution in [0.2, 0.25) is 0 Å². The Morgan fingerprint density at radius 1 is 1.10 bits per heavy atom. The minimum Gasteiger partial charge on any atom is -0.481 e. The summed E-state index contributed by atoms with van der Waals surface area (Å²) in [6.45, 7) is 0.263. The van der Waals surface area contributed by atoms with Crippen molar-refractivity contribution >= 4 is 34.7 Å². The number of benzene rings is 1. The fraction of sp³-hybridized carbons (Fsp3) is 0.211. The third-order valence-corrected chi connectivity index (χ3v) is 4.27. The van der Waals surface area contributed by atoms with Crippen LogP contribution >= 0.6 is 0 Å². The largest absolute Gasteiger partial charge is 0.481 e. The van der Waals surface area contributed by atoms with Crippen molar-refractivity contribution in [3.63, 3.8) is 0 Å². The number of fused-ring (bicyclic) bond motifs is 1. The molecule has 31 heavy (non-hydrogen) atoms. The molecule has 5 N–H and O–H groups in total. The van der Waals surface area contributed by atoms with Crippen LogP contribution in [0.5, 0.6) is 0 Å². The van der Waals surface area contributed by atoms with Crippen molar-refractivity contribution in [2.75, 3.05) is 5.32 Å². The third kappa shape index (κ3) is 5.59. The molecule has 3 aromatic rings. The first-order chi connectivity index (χ1) is 14.8. The summed E-state index contributed by atoms with van der Waals surface area (Å²) in [6.07, 6.45) is 2.15. The Bertz CT molecular complexity index is 1180. The number of carboxylic acid groups (broad SMARTS) is 2. The minimum atomic E-state index is -1.31. The zero-order valence-corrected chi connectivity index (χ0v) is 16.0. The van der Waals surface area contributed by atoms with Crippen LogP contribution in [0.1, 0.15) is 28.9 Å². The predicted octanol–water partition coefficient (Wildman–Crippen LogP) is 0.373. The second kappa shape index (κ2) is 9.43. The molecule has 0 radical (unpaired) electrons. The number of carbonyl (C=O) groups is 3. The Balaban J connectivity index is 1.61. The number of nitrogens with zero attached hydrogens (tertiary/aromatic N) is 3. The maximum absolute atomic E-state index is 12.3. The molecule has 12 heteroatoms. The van der Waals surface area contributed by atoms with E-state index in [-0.39, 0.29) is 36.1 Å². The van der Waals surface area contributed by atoms with Gasteiger partial charge < -0.3 is 25.8 Å². The number of amides is 1. The van der Waals surface area contributed by atoms with E-state index in [1.807, 2.05) is 0 Å².